The lowest BCUT2D eigenvalue weighted by Gasteiger charge is -2.09. The van der Waals surface area contributed by atoms with Gasteiger partial charge in [0.05, 0.1) is 11.3 Å². The predicted molar refractivity (Wildman–Crippen MR) is 82.1 cm³/mol. The molecule has 124 valence electrons. The van der Waals surface area contributed by atoms with Crippen LogP contribution in [0.4, 0.5) is 11.4 Å². The van der Waals surface area contributed by atoms with Gasteiger partial charge in [0.2, 0.25) is 0 Å². The van der Waals surface area contributed by atoms with Gasteiger partial charge in [-0.15, -0.1) is 0 Å². The molecule has 0 fully saturated rings. The summed E-state index contributed by atoms with van der Waals surface area (Å²) in [4.78, 5) is 44.2. The highest BCUT2D eigenvalue weighted by atomic mass is 16.6. The van der Waals surface area contributed by atoms with Crippen LogP contribution in [0, 0.1) is 24.0 Å². The molecule has 0 aliphatic carbocycles. The zero-order valence-corrected chi connectivity index (χ0v) is 13.2. The average molecular weight is 322 g/mol. The van der Waals surface area contributed by atoms with Crippen molar-refractivity contribution >= 4 is 29.0 Å². The maximum atomic E-state index is 11.7. The second-order valence-electron chi connectivity index (χ2n) is 5.12. The first-order valence-electron chi connectivity index (χ1n) is 6.91. The lowest BCUT2D eigenvalue weighted by molar-refractivity contribution is -0.384. The van der Waals surface area contributed by atoms with E-state index in [-0.39, 0.29) is 30.0 Å². The number of ketones is 1. The van der Waals surface area contributed by atoms with E-state index in [1.807, 2.05) is 0 Å². The molecule has 1 rings (SSSR count). The number of nitrogens with one attached hydrogen (secondary N) is 1. The Morgan fingerprint density at radius 1 is 1.17 bits per heavy atom. The van der Waals surface area contributed by atoms with Crippen LogP contribution < -0.4 is 5.32 Å². The number of amides is 1. The summed E-state index contributed by atoms with van der Waals surface area (Å²) in [5, 5.41) is 13.4. The average Bonchev–Trinajstić information content (AvgIpc) is 2.46. The molecule has 0 saturated heterocycles. The van der Waals surface area contributed by atoms with Crippen molar-refractivity contribution in [3.63, 3.8) is 0 Å². The maximum absolute atomic E-state index is 11.7. The molecule has 1 aromatic carbocycles. The summed E-state index contributed by atoms with van der Waals surface area (Å²) in [6, 6.07) is 2.85. The van der Waals surface area contributed by atoms with Gasteiger partial charge in [-0.3, -0.25) is 19.7 Å². The number of hydrogen-bond acceptors (Lipinski definition) is 6. The second kappa shape index (κ2) is 8.02. The van der Waals surface area contributed by atoms with Gasteiger partial charge < -0.3 is 14.8 Å². The summed E-state index contributed by atoms with van der Waals surface area (Å²) < 4.78 is 4.71. The van der Waals surface area contributed by atoms with Gasteiger partial charge in [-0.1, -0.05) is 0 Å². The highest BCUT2D eigenvalue weighted by molar-refractivity contribution is 5.95. The van der Waals surface area contributed by atoms with Gasteiger partial charge in [-0.05, 0) is 38.0 Å². The van der Waals surface area contributed by atoms with Crippen molar-refractivity contribution in [2.75, 3.05) is 11.9 Å². The molecule has 0 heterocycles. The number of carbonyl (C=O) groups is 3. The fraction of sp³-hybridized carbons (Fsp3) is 0.400. The summed E-state index contributed by atoms with van der Waals surface area (Å²) in [6.07, 6.45) is -0.0600. The highest BCUT2D eigenvalue weighted by Gasteiger charge is 2.18. The van der Waals surface area contributed by atoms with Crippen LogP contribution >= 0.6 is 0 Å². The fourth-order valence-corrected chi connectivity index (χ4v) is 1.73. The number of nitrogens with zero attached hydrogens (tertiary/aromatic N) is 1. The first-order valence-corrected chi connectivity index (χ1v) is 6.91. The van der Waals surface area contributed by atoms with Crippen molar-refractivity contribution in [3.8, 4) is 0 Å². The number of benzene rings is 1. The molecule has 0 aliphatic rings. The monoisotopic (exact) mass is 322 g/mol. The van der Waals surface area contributed by atoms with Crippen LogP contribution in [0.5, 0.6) is 0 Å². The van der Waals surface area contributed by atoms with Gasteiger partial charge in [-0.2, -0.15) is 0 Å². The quantitative estimate of drug-likeness (QED) is 0.466. The van der Waals surface area contributed by atoms with E-state index in [1.54, 1.807) is 13.8 Å². The van der Waals surface area contributed by atoms with E-state index >= 15 is 0 Å². The van der Waals surface area contributed by atoms with Crippen molar-refractivity contribution in [2.45, 2.75) is 33.6 Å². The van der Waals surface area contributed by atoms with E-state index in [9.17, 15) is 24.5 Å². The van der Waals surface area contributed by atoms with E-state index in [0.717, 1.165) is 11.1 Å². The van der Waals surface area contributed by atoms with Crippen LogP contribution in [0.2, 0.25) is 0 Å². The minimum atomic E-state index is -0.687. The fourth-order valence-electron chi connectivity index (χ4n) is 1.73. The molecular weight excluding hydrogens is 304 g/mol. The van der Waals surface area contributed by atoms with Crippen molar-refractivity contribution in [1.29, 1.82) is 0 Å². The normalized spacial score (nSPS) is 10.0. The molecule has 8 heteroatoms. The predicted octanol–water partition coefficient (Wildman–Crippen LogP) is 2.06. The van der Waals surface area contributed by atoms with Crippen molar-refractivity contribution < 1.29 is 24.0 Å². The number of hydrogen-bond donors (Lipinski definition) is 1. The Labute approximate surface area is 133 Å². The van der Waals surface area contributed by atoms with Crippen molar-refractivity contribution in [2.24, 2.45) is 0 Å². The molecule has 1 amide bonds. The number of ether oxygens (including phenoxy) is 1. The topological polar surface area (TPSA) is 116 Å². The van der Waals surface area contributed by atoms with Crippen LogP contribution in [-0.4, -0.2) is 29.2 Å². The van der Waals surface area contributed by atoms with Crippen LogP contribution in [0.3, 0.4) is 0 Å². The van der Waals surface area contributed by atoms with Gasteiger partial charge in [0.1, 0.15) is 11.5 Å². The zero-order chi connectivity index (χ0) is 17.6. The number of anilines is 1. The highest BCUT2D eigenvalue weighted by Crippen LogP contribution is 2.27. The third-order valence-electron chi connectivity index (χ3n) is 3.13. The Morgan fingerprint density at radius 3 is 2.35 bits per heavy atom. The van der Waals surface area contributed by atoms with Crippen LogP contribution in [-0.2, 0) is 19.1 Å². The number of carbonyl (C=O) groups excluding carboxylic acids is 3. The smallest absolute Gasteiger partial charge is 0.306 e. The molecule has 1 N–H and O–H groups in total. The third kappa shape index (κ3) is 5.85. The molecule has 0 radical (unpaired) electrons. The first-order chi connectivity index (χ1) is 10.7. The Bertz CT molecular complexity index is 654. The number of nitro benzene ring substituents is 1. The van der Waals surface area contributed by atoms with E-state index in [0.29, 0.717) is 0 Å². The molecule has 0 aliphatic heterocycles. The molecular formula is C15H18N2O6. The van der Waals surface area contributed by atoms with Gasteiger partial charge >= 0.3 is 5.97 Å². The first kappa shape index (κ1) is 18.3. The molecule has 0 bridgehead atoms. The maximum Gasteiger partial charge on any atom is 0.306 e. The number of aryl methyl sites for hydroxylation is 2. The molecule has 1 aromatic rings. The minimum absolute atomic E-state index is 0.0443. The van der Waals surface area contributed by atoms with E-state index in [2.05, 4.69) is 5.32 Å². The Morgan fingerprint density at radius 2 is 1.78 bits per heavy atom. The Balaban J connectivity index is 2.67. The minimum Gasteiger partial charge on any atom is -0.456 e. The molecule has 8 nitrogen and oxygen atoms in total. The Kier molecular flexibility index (Phi) is 6.37. The molecule has 0 atom stereocenters. The molecule has 0 spiro atoms. The van der Waals surface area contributed by atoms with E-state index in [1.165, 1.54) is 19.1 Å². The number of esters is 1. The van der Waals surface area contributed by atoms with Gasteiger partial charge in [0, 0.05) is 12.5 Å². The van der Waals surface area contributed by atoms with Crippen LogP contribution in [0.15, 0.2) is 12.1 Å². The summed E-state index contributed by atoms with van der Waals surface area (Å²) in [5.74, 6) is -1.52. The summed E-state index contributed by atoms with van der Waals surface area (Å²) >= 11 is 0. The van der Waals surface area contributed by atoms with Gasteiger partial charge in [0.15, 0.2) is 6.61 Å². The van der Waals surface area contributed by atoms with Gasteiger partial charge in [0.25, 0.3) is 11.6 Å². The van der Waals surface area contributed by atoms with Crippen molar-refractivity contribution in [3.05, 3.63) is 33.4 Å². The van der Waals surface area contributed by atoms with E-state index in [4.69, 9.17) is 4.74 Å². The number of rotatable bonds is 7. The largest absolute Gasteiger partial charge is 0.456 e. The van der Waals surface area contributed by atoms with E-state index < -0.39 is 23.4 Å². The SMILES string of the molecule is CC(=O)CCC(=O)OCC(=O)Nc1cc(C)c(C)cc1[N+](=O)[O-]. The number of nitro groups is 1. The molecule has 0 unspecified atom stereocenters. The summed E-state index contributed by atoms with van der Waals surface area (Å²) in [7, 11) is 0. The molecule has 0 aromatic heterocycles. The lowest BCUT2D eigenvalue weighted by atomic mass is 10.1. The Hall–Kier alpha value is -2.77. The lowest BCUT2D eigenvalue weighted by Crippen LogP contribution is -2.21. The van der Waals surface area contributed by atoms with Gasteiger partial charge in [-0.25, -0.2) is 0 Å². The summed E-state index contributed by atoms with van der Waals surface area (Å²) in [6.45, 7) is 4.26. The summed E-state index contributed by atoms with van der Waals surface area (Å²) in [5.41, 5.74) is 1.32. The number of Topliss-reactive ketones (excluding diaryl/α,β-unsaturated/α-hetero) is 1. The second-order valence-corrected chi connectivity index (χ2v) is 5.12. The zero-order valence-electron chi connectivity index (χ0n) is 13.2. The third-order valence-corrected chi connectivity index (χ3v) is 3.13. The van der Waals surface area contributed by atoms with Crippen molar-refractivity contribution in [1.82, 2.24) is 0 Å². The standard InChI is InChI=1S/C15H18N2O6/c1-9-6-12(13(17(21)22)7-10(9)2)16-14(19)8-23-15(20)5-4-11(3)18/h6-7H,4-5,8H2,1-3H3,(H,16,19). The van der Waals surface area contributed by atoms with Crippen LogP contribution in [0.1, 0.15) is 30.9 Å². The molecule has 23 heavy (non-hydrogen) atoms. The molecule has 0 saturated carbocycles. The van der Waals surface area contributed by atoms with Crippen LogP contribution in [0.25, 0.3) is 0 Å².